The van der Waals surface area contributed by atoms with Gasteiger partial charge in [0.05, 0.1) is 22.7 Å². The van der Waals surface area contributed by atoms with Crippen LogP contribution in [0.4, 0.5) is 14.9 Å². The quantitative estimate of drug-likeness (QED) is 0.261. The highest BCUT2D eigenvalue weighted by Crippen LogP contribution is 2.36. The number of nitrogens with one attached hydrogen (secondary N) is 1. The van der Waals surface area contributed by atoms with Gasteiger partial charge in [0.1, 0.15) is 11.9 Å². The van der Waals surface area contributed by atoms with Crippen molar-refractivity contribution in [2.75, 3.05) is 5.32 Å². The van der Waals surface area contributed by atoms with Crippen molar-refractivity contribution in [1.82, 2.24) is 4.37 Å². The number of aromatic nitrogens is 1. The van der Waals surface area contributed by atoms with Crippen LogP contribution in [0.5, 0.6) is 0 Å². The number of rotatable bonds is 7. The summed E-state index contributed by atoms with van der Waals surface area (Å²) >= 11 is 7.45. The van der Waals surface area contributed by atoms with Gasteiger partial charge in [-0.2, -0.15) is 4.37 Å². The number of nitrogens with zero attached hydrogens (tertiary/aromatic N) is 1. The molecule has 1 aromatic heterocycles. The van der Waals surface area contributed by atoms with Crippen molar-refractivity contribution in [2.24, 2.45) is 0 Å². The van der Waals surface area contributed by atoms with Gasteiger partial charge < -0.3 is 9.84 Å². The van der Waals surface area contributed by atoms with Crippen LogP contribution in [-0.2, 0) is 16.0 Å². The molecular weight excluding hydrogens is 503 g/mol. The summed E-state index contributed by atoms with van der Waals surface area (Å²) in [5, 5.41) is 12.2. The number of carboxylic acids is 1. The summed E-state index contributed by atoms with van der Waals surface area (Å²) in [4.78, 5) is 24.3. The average Bonchev–Trinajstić information content (AvgIpc) is 3.20. The number of anilines is 1. The van der Waals surface area contributed by atoms with E-state index in [-0.39, 0.29) is 12.0 Å². The van der Waals surface area contributed by atoms with Gasteiger partial charge in [-0.1, -0.05) is 66.2 Å². The van der Waals surface area contributed by atoms with E-state index in [0.717, 1.165) is 16.0 Å². The number of hydrogen-bond acceptors (Lipinski definition) is 5. The molecule has 0 saturated carbocycles. The van der Waals surface area contributed by atoms with Crippen LogP contribution in [-0.4, -0.2) is 21.5 Å². The molecule has 3 aromatic carbocycles. The minimum absolute atomic E-state index is 0.134. The Hall–Kier alpha value is -3.75. The van der Waals surface area contributed by atoms with E-state index in [1.807, 2.05) is 36.4 Å². The topological polar surface area (TPSA) is 88.5 Å². The minimum atomic E-state index is -1.09. The lowest BCUT2D eigenvalue weighted by Gasteiger charge is -2.16. The van der Waals surface area contributed by atoms with Crippen LogP contribution in [0.15, 0.2) is 66.7 Å². The van der Waals surface area contributed by atoms with E-state index in [9.17, 15) is 14.0 Å². The van der Waals surface area contributed by atoms with Gasteiger partial charge in [0.25, 0.3) is 0 Å². The van der Waals surface area contributed by atoms with Crippen LogP contribution in [0, 0.1) is 12.7 Å². The molecule has 6 nitrogen and oxygen atoms in total. The van der Waals surface area contributed by atoms with Crippen molar-refractivity contribution in [3.05, 3.63) is 94.4 Å². The van der Waals surface area contributed by atoms with E-state index in [4.69, 9.17) is 21.4 Å². The molecule has 0 saturated heterocycles. The normalized spacial score (nSPS) is 11.7. The fourth-order valence-electron chi connectivity index (χ4n) is 3.72. The smallest absolute Gasteiger partial charge is 0.412 e. The molecule has 0 spiro atoms. The van der Waals surface area contributed by atoms with Gasteiger partial charge in [-0.3, -0.25) is 10.1 Å². The maximum Gasteiger partial charge on any atom is 0.412 e. The maximum absolute atomic E-state index is 14.3. The third-order valence-electron chi connectivity index (χ3n) is 5.59. The van der Waals surface area contributed by atoms with Crippen molar-refractivity contribution in [2.45, 2.75) is 26.4 Å². The van der Waals surface area contributed by atoms with Crippen molar-refractivity contribution >= 4 is 40.9 Å². The number of aryl methyl sites for hydroxylation is 1. The lowest BCUT2D eigenvalue weighted by molar-refractivity contribution is -0.136. The molecule has 36 heavy (non-hydrogen) atoms. The summed E-state index contributed by atoms with van der Waals surface area (Å²) in [5.41, 5.74) is 4.26. The predicted molar refractivity (Wildman–Crippen MR) is 139 cm³/mol. The highest BCUT2D eigenvalue weighted by atomic mass is 35.5. The summed E-state index contributed by atoms with van der Waals surface area (Å²) in [6.07, 6.45) is -1.54. The molecular formula is C27H22ClFN2O4S. The van der Waals surface area contributed by atoms with Crippen molar-refractivity contribution in [3.63, 3.8) is 0 Å². The average molecular weight is 525 g/mol. The van der Waals surface area contributed by atoms with Gasteiger partial charge in [-0.25, -0.2) is 9.18 Å². The maximum atomic E-state index is 14.3. The van der Waals surface area contributed by atoms with Gasteiger partial charge in [-0.15, -0.1) is 0 Å². The van der Waals surface area contributed by atoms with Gasteiger partial charge >= 0.3 is 12.1 Å². The summed E-state index contributed by atoms with van der Waals surface area (Å²) in [6.45, 7) is 3.54. The Morgan fingerprint density at radius 1 is 1.08 bits per heavy atom. The predicted octanol–water partition coefficient (Wildman–Crippen LogP) is 7.51. The molecule has 4 aromatic rings. The molecule has 0 aliphatic heterocycles. The number of hydrogen-bond donors (Lipinski definition) is 2. The second kappa shape index (κ2) is 10.9. The van der Waals surface area contributed by atoms with E-state index in [1.165, 1.54) is 23.7 Å². The molecule has 0 bridgehead atoms. The first-order valence-electron chi connectivity index (χ1n) is 11.0. The molecule has 0 radical (unpaired) electrons. The second-order valence-corrected chi connectivity index (χ2v) is 9.30. The summed E-state index contributed by atoms with van der Waals surface area (Å²) in [6, 6.07) is 19.0. The standard InChI is InChI=1S/C27H22ClFN2O4S/c1-15-25(30-27(34)35-16(2)21-5-3-4-6-22(21)28)26(36-31-15)18-9-7-17(8-10-18)19-11-12-20(14-24(32)33)23(29)13-19/h3-13,16H,14H2,1-2H3,(H,30,34)(H,32,33). The number of carbonyl (C=O) groups is 2. The Bertz CT molecular complexity index is 1420. The fourth-order valence-corrected chi connectivity index (χ4v) is 4.86. The Morgan fingerprint density at radius 2 is 1.75 bits per heavy atom. The van der Waals surface area contributed by atoms with Gasteiger partial charge in [0, 0.05) is 10.6 Å². The molecule has 1 heterocycles. The Morgan fingerprint density at radius 3 is 2.42 bits per heavy atom. The van der Waals surface area contributed by atoms with Crippen LogP contribution in [0.25, 0.3) is 21.6 Å². The Labute approximate surface area is 216 Å². The zero-order chi connectivity index (χ0) is 25.8. The van der Waals surface area contributed by atoms with E-state index >= 15 is 0 Å². The second-order valence-electron chi connectivity index (χ2n) is 8.12. The van der Waals surface area contributed by atoms with E-state index in [0.29, 0.717) is 27.5 Å². The third kappa shape index (κ3) is 5.72. The molecule has 0 aliphatic rings. The SMILES string of the molecule is Cc1nsc(-c2ccc(-c3ccc(CC(=O)O)c(F)c3)cc2)c1NC(=O)OC(C)c1ccccc1Cl. The fraction of sp³-hybridized carbons (Fsp3) is 0.148. The van der Waals surface area contributed by atoms with Gasteiger partial charge in [0.2, 0.25) is 0 Å². The van der Waals surface area contributed by atoms with Crippen LogP contribution in [0.1, 0.15) is 29.8 Å². The molecule has 0 fully saturated rings. The monoisotopic (exact) mass is 524 g/mol. The molecule has 0 aliphatic carbocycles. The Balaban J connectivity index is 1.50. The van der Waals surface area contributed by atoms with Crippen molar-refractivity contribution in [3.8, 4) is 21.6 Å². The minimum Gasteiger partial charge on any atom is -0.481 e. The number of halogens is 2. The van der Waals surface area contributed by atoms with Gasteiger partial charge in [0.15, 0.2) is 0 Å². The van der Waals surface area contributed by atoms with Crippen LogP contribution in [0.3, 0.4) is 0 Å². The molecule has 9 heteroatoms. The van der Waals surface area contributed by atoms with Crippen LogP contribution < -0.4 is 5.32 Å². The molecule has 1 atom stereocenters. The number of carbonyl (C=O) groups excluding carboxylic acids is 1. The van der Waals surface area contributed by atoms with E-state index in [2.05, 4.69) is 9.69 Å². The first-order chi connectivity index (χ1) is 17.2. The molecule has 1 unspecified atom stereocenters. The highest BCUT2D eigenvalue weighted by molar-refractivity contribution is 7.10. The van der Waals surface area contributed by atoms with Crippen molar-refractivity contribution in [1.29, 1.82) is 0 Å². The van der Waals surface area contributed by atoms with Crippen molar-refractivity contribution < 1.29 is 23.8 Å². The number of aliphatic carboxylic acids is 1. The number of amides is 1. The molecule has 1 amide bonds. The first-order valence-corrected chi connectivity index (χ1v) is 12.2. The number of carboxylic acid groups (broad SMARTS) is 1. The third-order valence-corrected chi connectivity index (χ3v) is 6.92. The molecule has 2 N–H and O–H groups in total. The number of benzene rings is 3. The lowest BCUT2D eigenvalue weighted by Crippen LogP contribution is -2.16. The highest BCUT2D eigenvalue weighted by Gasteiger charge is 2.19. The van der Waals surface area contributed by atoms with Gasteiger partial charge in [-0.05, 0) is 59.8 Å². The first kappa shape index (κ1) is 25.3. The zero-order valence-corrected chi connectivity index (χ0v) is 21.0. The largest absolute Gasteiger partial charge is 0.481 e. The van der Waals surface area contributed by atoms with Crippen LogP contribution >= 0.6 is 23.1 Å². The lowest BCUT2D eigenvalue weighted by atomic mass is 10.0. The van der Waals surface area contributed by atoms with Crippen LogP contribution in [0.2, 0.25) is 5.02 Å². The summed E-state index contributed by atoms with van der Waals surface area (Å²) in [7, 11) is 0. The number of ether oxygens (including phenoxy) is 1. The van der Waals surface area contributed by atoms with E-state index < -0.39 is 24.0 Å². The van der Waals surface area contributed by atoms with E-state index in [1.54, 1.807) is 32.0 Å². The molecule has 4 rings (SSSR count). The Kier molecular flexibility index (Phi) is 7.67. The summed E-state index contributed by atoms with van der Waals surface area (Å²) in [5.74, 6) is -1.65. The summed E-state index contributed by atoms with van der Waals surface area (Å²) < 4.78 is 24.2. The molecule has 184 valence electrons. The zero-order valence-electron chi connectivity index (χ0n) is 19.4.